The number of anilines is 2. The monoisotopic (exact) mass is 261 g/mol. The Hall–Kier alpha value is -1.22. The summed E-state index contributed by atoms with van der Waals surface area (Å²) in [4.78, 5) is 4.72. The summed E-state index contributed by atoms with van der Waals surface area (Å²) in [5.41, 5.74) is 4.04. The maximum absolute atomic E-state index is 3.47. The summed E-state index contributed by atoms with van der Waals surface area (Å²) >= 11 is 0. The average molecular weight is 261 g/mol. The first kappa shape index (κ1) is 14.2. The van der Waals surface area contributed by atoms with Crippen molar-refractivity contribution in [1.29, 1.82) is 0 Å². The van der Waals surface area contributed by atoms with E-state index in [1.165, 1.54) is 36.4 Å². The maximum atomic E-state index is 3.47. The van der Waals surface area contributed by atoms with E-state index in [9.17, 15) is 0 Å². The van der Waals surface area contributed by atoms with Crippen LogP contribution in [0.25, 0.3) is 0 Å². The molecular formula is C16H27N3. The third-order valence-corrected chi connectivity index (χ3v) is 4.01. The van der Waals surface area contributed by atoms with Gasteiger partial charge in [0.05, 0.1) is 0 Å². The molecule has 0 radical (unpaired) electrons. The summed E-state index contributed by atoms with van der Waals surface area (Å²) in [6.07, 6.45) is 1.30. The van der Waals surface area contributed by atoms with Crippen LogP contribution in [0.5, 0.6) is 0 Å². The van der Waals surface area contributed by atoms with Crippen LogP contribution < -0.4 is 15.1 Å². The van der Waals surface area contributed by atoms with Gasteiger partial charge in [-0.1, -0.05) is 13.0 Å². The molecule has 2 rings (SSSR count). The molecule has 1 aromatic rings. The van der Waals surface area contributed by atoms with Crippen LogP contribution in [0.4, 0.5) is 11.4 Å². The van der Waals surface area contributed by atoms with Crippen molar-refractivity contribution in [2.45, 2.75) is 20.3 Å². The van der Waals surface area contributed by atoms with E-state index < -0.39 is 0 Å². The SMILES string of the molecule is CCNCC1CCN(c2ccc(C)c(N(C)C)c2)C1. The number of hydrogen-bond donors (Lipinski definition) is 1. The number of hydrogen-bond acceptors (Lipinski definition) is 3. The summed E-state index contributed by atoms with van der Waals surface area (Å²) in [6.45, 7) is 8.95. The van der Waals surface area contributed by atoms with E-state index in [0.29, 0.717) is 0 Å². The fraction of sp³-hybridized carbons (Fsp3) is 0.625. The van der Waals surface area contributed by atoms with Gasteiger partial charge in [-0.3, -0.25) is 0 Å². The lowest BCUT2D eigenvalue weighted by Crippen LogP contribution is -2.26. The van der Waals surface area contributed by atoms with Crippen LogP contribution >= 0.6 is 0 Å². The third-order valence-electron chi connectivity index (χ3n) is 4.01. The molecule has 1 aliphatic heterocycles. The molecule has 106 valence electrons. The van der Waals surface area contributed by atoms with Crippen LogP contribution in [0.2, 0.25) is 0 Å². The Morgan fingerprint density at radius 3 is 2.84 bits per heavy atom. The van der Waals surface area contributed by atoms with Crippen molar-refractivity contribution >= 4 is 11.4 Å². The number of nitrogens with one attached hydrogen (secondary N) is 1. The molecular weight excluding hydrogens is 234 g/mol. The molecule has 0 bridgehead atoms. The van der Waals surface area contributed by atoms with Crippen LogP contribution in [0, 0.1) is 12.8 Å². The Balaban J connectivity index is 2.05. The highest BCUT2D eigenvalue weighted by Crippen LogP contribution is 2.28. The highest BCUT2D eigenvalue weighted by Gasteiger charge is 2.22. The van der Waals surface area contributed by atoms with Crippen LogP contribution in [-0.2, 0) is 0 Å². The van der Waals surface area contributed by atoms with Crippen molar-refractivity contribution in [3.63, 3.8) is 0 Å². The Labute approximate surface area is 117 Å². The lowest BCUT2D eigenvalue weighted by molar-refractivity contribution is 0.528. The van der Waals surface area contributed by atoms with Gasteiger partial charge >= 0.3 is 0 Å². The predicted octanol–water partition coefficient (Wildman–Crippen LogP) is 2.50. The first-order valence-corrected chi connectivity index (χ1v) is 7.35. The fourth-order valence-electron chi connectivity index (χ4n) is 2.86. The van der Waals surface area contributed by atoms with Crippen molar-refractivity contribution in [2.75, 3.05) is 50.1 Å². The van der Waals surface area contributed by atoms with E-state index in [4.69, 9.17) is 0 Å². The summed E-state index contributed by atoms with van der Waals surface area (Å²) in [6, 6.07) is 6.82. The number of aryl methyl sites for hydroxylation is 1. The van der Waals surface area contributed by atoms with Crippen LogP contribution in [-0.4, -0.2) is 40.3 Å². The van der Waals surface area contributed by atoms with Gasteiger partial charge in [-0.2, -0.15) is 0 Å². The van der Waals surface area contributed by atoms with Gasteiger partial charge in [-0.15, -0.1) is 0 Å². The summed E-state index contributed by atoms with van der Waals surface area (Å²) in [5, 5.41) is 3.47. The molecule has 1 saturated heterocycles. The third kappa shape index (κ3) is 3.41. The molecule has 0 amide bonds. The average Bonchev–Trinajstić information content (AvgIpc) is 2.85. The quantitative estimate of drug-likeness (QED) is 0.878. The van der Waals surface area contributed by atoms with Gasteiger partial charge < -0.3 is 15.1 Å². The molecule has 1 heterocycles. The molecule has 0 aromatic heterocycles. The standard InChI is InChI=1S/C16H27N3/c1-5-17-11-14-8-9-19(12-14)15-7-6-13(2)16(10-15)18(3)4/h6-7,10,14,17H,5,8-9,11-12H2,1-4H3. The summed E-state index contributed by atoms with van der Waals surface area (Å²) in [5.74, 6) is 0.795. The van der Waals surface area contributed by atoms with Gasteiger partial charge in [-0.25, -0.2) is 0 Å². The molecule has 1 atom stereocenters. The van der Waals surface area contributed by atoms with Gasteiger partial charge in [0.1, 0.15) is 0 Å². The lowest BCUT2D eigenvalue weighted by atomic mass is 10.1. The first-order valence-electron chi connectivity index (χ1n) is 7.35. The van der Waals surface area contributed by atoms with Gasteiger partial charge in [0.25, 0.3) is 0 Å². The van der Waals surface area contributed by atoms with Crippen molar-refractivity contribution in [3.8, 4) is 0 Å². The van der Waals surface area contributed by atoms with E-state index in [2.05, 4.69) is 61.3 Å². The Morgan fingerprint density at radius 1 is 1.37 bits per heavy atom. The molecule has 1 aromatic carbocycles. The maximum Gasteiger partial charge on any atom is 0.0411 e. The zero-order chi connectivity index (χ0) is 13.8. The van der Waals surface area contributed by atoms with E-state index >= 15 is 0 Å². The smallest absolute Gasteiger partial charge is 0.0411 e. The number of benzene rings is 1. The summed E-state index contributed by atoms with van der Waals surface area (Å²) in [7, 11) is 4.23. The first-order chi connectivity index (χ1) is 9.11. The second-order valence-corrected chi connectivity index (χ2v) is 5.77. The van der Waals surface area contributed by atoms with Crippen LogP contribution in [0.1, 0.15) is 18.9 Å². The second kappa shape index (κ2) is 6.29. The Bertz CT molecular complexity index is 414. The molecule has 3 nitrogen and oxygen atoms in total. The second-order valence-electron chi connectivity index (χ2n) is 5.77. The minimum absolute atomic E-state index is 0.795. The molecule has 19 heavy (non-hydrogen) atoms. The normalized spacial score (nSPS) is 18.9. The molecule has 1 fully saturated rings. The van der Waals surface area contributed by atoms with Gasteiger partial charge in [0.15, 0.2) is 0 Å². The largest absolute Gasteiger partial charge is 0.377 e. The fourth-order valence-corrected chi connectivity index (χ4v) is 2.86. The molecule has 3 heteroatoms. The van der Waals surface area contributed by atoms with E-state index in [1.807, 2.05) is 0 Å². The molecule has 1 unspecified atom stereocenters. The van der Waals surface area contributed by atoms with Crippen molar-refractivity contribution in [2.24, 2.45) is 5.92 Å². The van der Waals surface area contributed by atoms with Crippen LogP contribution in [0.3, 0.4) is 0 Å². The zero-order valence-electron chi connectivity index (χ0n) is 12.7. The van der Waals surface area contributed by atoms with Gasteiger partial charge in [0.2, 0.25) is 0 Å². The topological polar surface area (TPSA) is 18.5 Å². The minimum Gasteiger partial charge on any atom is -0.377 e. The highest BCUT2D eigenvalue weighted by molar-refractivity contribution is 5.63. The van der Waals surface area contributed by atoms with Crippen LogP contribution in [0.15, 0.2) is 18.2 Å². The zero-order valence-corrected chi connectivity index (χ0v) is 12.7. The molecule has 0 saturated carbocycles. The Kier molecular flexibility index (Phi) is 4.70. The van der Waals surface area contributed by atoms with Gasteiger partial charge in [0, 0.05) is 38.6 Å². The van der Waals surface area contributed by atoms with Crippen molar-refractivity contribution in [3.05, 3.63) is 23.8 Å². The molecule has 1 N–H and O–H groups in total. The summed E-state index contributed by atoms with van der Waals surface area (Å²) < 4.78 is 0. The lowest BCUT2D eigenvalue weighted by Gasteiger charge is -2.23. The highest BCUT2D eigenvalue weighted by atomic mass is 15.2. The Morgan fingerprint density at radius 2 is 2.16 bits per heavy atom. The van der Waals surface area contributed by atoms with Crippen molar-refractivity contribution < 1.29 is 0 Å². The predicted molar refractivity (Wildman–Crippen MR) is 84.4 cm³/mol. The van der Waals surface area contributed by atoms with E-state index in [0.717, 1.165) is 19.0 Å². The minimum atomic E-state index is 0.795. The number of rotatable bonds is 5. The molecule has 0 aliphatic carbocycles. The number of nitrogens with zero attached hydrogens (tertiary/aromatic N) is 2. The molecule has 0 spiro atoms. The van der Waals surface area contributed by atoms with E-state index in [1.54, 1.807) is 0 Å². The van der Waals surface area contributed by atoms with Crippen molar-refractivity contribution in [1.82, 2.24) is 5.32 Å². The van der Waals surface area contributed by atoms with E-state index in [-0.39, 0.29) is 0 Å². The van der Waals surface area contributed by atoms with Gasteiger partial charge in [-0.05, 0) is 50.0 Å². The molecule has 1 aliphatic rings.